The standard InChI is InChI=1S/C27H35ClN2O4/c1-19-15-29(16-20(2)30(19)25(31)13-21-9-7-6-8-10-21)17-22-14-23(28)11-12-24(22)33-18-26(32)34-27(3,4)5/h6-12,14,19-20H,13,15-18H2,1-5H3/t19-,20+. The Balaban J connectivity index is 1.63. The van der Waals surface area contributed by atoms with E-state index in [9.17, 15) is 9.59 Å². The first-order valence-corrected chi connectivity index (χ1v) is 12.1. The Labute approximate surface area is 207 Å². The predicted octanol–water partition coefficient (Wildman–Crippen LogP) is 4.72. The van der Waals surface area contributed by atoms with E-state index in [1.165, 1.54) is 0 Å². The normalized spacial score (nSPS) is 19.1. The minimum absolute atomic E-state index is 0.0743. The number of rotatable bonds is 7. The van der Waals surface area contributed by atoms with Gasteiger partial charge in [-0.1, -0.05) is 41.9 Å². The topological polar surface area (TPSA) is 59.1 Å². The van der Waals surface area contributed by atoms with Gasteiger partial charge in [-0.15, -0.1) is 0 Å². The van der Waals surface area contributed by atoms with Gasteiger partial charge in [-0.3, -0.25) is 9.69 Å². The van der Waals surface area contributed by atoms with Gasteiger partial charge in [0.15, 0.2) is 6.61 Å². The van der Waals surface area contributed by atoms with Crippen LogP contribution in [0.5, 0.6) is 5.75 Å². The molecule has 1 heterocycles. The Morgan fingerprint density at radius 1 is 1.03 bits per heavy atom. The first-order valence-electron chi connectivity index (χ1n) is 11.7. The van der Waals surface area contributed by atoms with Crippen LogP contribution in [0.2, 0.25) is 5.02 Å². The maximum Gasteiger partial charge on any atom is 0.344 e. The molecule has 1 aliphatic rings. The highest BCUT2D eigenvalue weighted by Gasteiger charge is 2.33. The number of esters is 1. The lowest BCUT2D eigenvalue weighted by atomic mass is 10.0. The number of ether oxygens (including phenoxy) is 2. The first kappa shape index (κ1) is 26.0. The zero-order chi connectivity index (χ0) is 24.9. The van der Waals surface area contributed by atoms with Crippen molar-refractivity contribution in [1.29, 1.82) is 0 Å². The van der Waals surface area contributed by atoms with E-state index >= 15 is 0 Å². The van der Waals surface area contributed by atoms with Crippen molar-refractivity contribution in [2.24, 2.45) is 0 Å². The molecule has 0 radical (unpaired) electrons. The van der Waals surface area contributed by atoms with Crippen LogP contribution in [-0.2, 0) is 27.3 Å². The molecule has 2 aromatic carbocycles. The summed E-state index contributed by atoms with van der Waals surface area (Å²) in [7, 11) is 0. The average Bonchev–Trinajstić information content (AvgIpc) is 2.72. The zero-order valence-electron chi connectivity index (χ0n) is 20.7. The van der Waals surface area contributed by atoms with Crippen LogP contribution >= 0.6 is 11.6 Å². The second-order valence-electron chi connectivity index (χ2n) is 9.98. The fraction of sp³-hybridized carbons (Fsp3) is 0.481. The van der Waals surface area contributed by atoms with E-state index in [0.717, 1.165) is 24.2 Å². The van der Waals surface area contributed by atoms with Gasteiger partial charge in [-0.25, -0.2) is 4.79 Å². The third-order valence-corrected chi connectivity index (χ3v) is 5.90. The SMILES string of the molecule is C[C@@H]1CN(Cc2cc(Cl)ccc2OCC(=O)OC(C)(C)C)C[C@H](C)N1C(=O)Cc1ccccc1. The largest absolute Gasteiger partial charge is 0.482 e. The molecular formula is C27H35ClN2O4. The van der Waals surface area contributed by atoms with Gasteiger partial charge in [0.2, 0.25) is 5.91 Å². The third kappa shape index (κ3) is 7.47. The van der Waals surface area contributed by atoms with Gasteiger partial charge in [0.25, 0.3) is 0 Å². The van der Waals surface area contributed by atoms with Crippen molar-refractivity contribution in [3.8, 4) is 5.75 Å². The quantitative estimate of drug-likeness (QED) is 0.530. The Morgan fingerprint density at radius 2 is 1.68 bits per heavy atom. The van der Waals surface area contributed by atoms with Gasteiger partial charge in [0.05, 0.1) is 6.42 Å². The molecule has 2 atom stereocenters. The van der Waals surface area contributed by atoms with Crippen LogP contribution < -0.4 is 4.74 Å². The molecule has 0 bridgehead atoms. The van der Waals surface area contributed by atoms with Crippen molar-refractivity contribution in [3.05, 3.63) is 64.7 Å². The average molecular weight is 487 g/mol. The summed E-state index contributed by atoms with van der Waals surface area (Å²) in [4.78, 5) is 29.4. The summed E-state index contributed by atoms with van der Waals surface area (Å²) in [6.07, 6.45) is 0.409. The number of benzene rings is 2. The Morgan fingerprint density at radius 3 is 2.29 bits per heavy atom. The molecule has 0 unspecified atom stereocenters. The number of piperazine rings is 1. The van der Waals surface area contributed by atoms with Crippen LogP contribution in [0.3, 0.4) is 0 Å². The van der Waals surface area contributed by atoms with Crippen LogP contribution in [0, 0.1) is 0 Å². The summed E-state index contributed by atoms with van der Waals surface area (Å²) in [6.45, 7) is 11.6. The Hall–Kier alpha value is -2.57. The highest BCUT2D eigenvalue weighted by Crippen LogP contribution is 2.27. The molecule has 34 heavy (non-hydrogen) atoms. The Kier molecular flexibility index (Phi) is 8.61. The Bertz CT molecular complexity index is 978. The molecule has 1 aliphatic heterocycles. The lowest BCUT2D eigenvalue weighted by molar-refractivity contribution is -0.157. The molecule has 6 nitrogen and oxygen atoms in total. The van der Waals surface area contributed by atoms with Gasteiger partial charge >= 0.3 is 5.97 Å². The number of carbonyl (C=O) groups is 2. The summed E-state index contributed by atoms with van der Waals surface area (Å²) in [6, 6.07) is 15.4. The second-order valence-corrected chi connectivity index (χ2v) is 10.4. The minimum Gasteiger partial charge on any atom is -0.482 e. The summed E-state index contributed by atoms with van der Waals surface area (Å²) >= 11 is 6.26. The van der Waals surface area contributed by atoms with Crippen LogP contribution in [0.4, 0.5) is 0 Å². The molecule has 184 valence electrons. The van der Waals surface area contributed by atoms with E-state index in [0.29, 0.717) is 23.7 Å². The molecule has 2 aromatic rings. The molecule has 1 fully saturated rings. The van der Waals surface area contributed by atoms with Gasteiger partial charge in [0, 0.05) is 42.3 Å². The van der Waals surface area contributed by atoms with E-state index in [1.54, 1.807) is 12.1 Å². The maximum atomic E-state index is 13.0. The summed E-state index contributed by atoms with van der Waals surface area (Å²) in [5.74, 6) is 0.342. The van der Waals surface area contributed by atoms with Gasteiger partial charge in [0.1, 0.15) is 11.4 Å². The number of hydrogen-bond donors (Lipinski definition) is 0. The lowest BCUT2D eigenvalue weighted by Crippen LogP contribution is -2.58. The fourth-order valence-electron chi connectivity index (χ4n) is 4.48. The van der Waals surface area contributed by atoms with Gasteiger partial charge in [-0.2, -0.15) is 0 Å². The van der Waals surface area contributed by atoms with Gasteiger partial charge < -0.3 is 14.4 Å². The van der Waals surface area contributed by atoms with Crippen molar-refractivity contribution in [3.63, 3.8) is 0 Å². The second kappa shape index (κ2) is 11.2. The summed E-state index contributed by atoms with van der Waals surface area (Å²) in [5, 5.41) is 0.609. The first-order chi connectivity index (χ1) is 16.0. The molecule has 1 amide bonds. The molecule has 0 N–H and O–H groups in total. The molecule has 0 aliphatic carbocycles. The van der Waals surface area contributed by atoms with E-state index in [1.807, 2.05) is 62.1 Å². The van der Waals surface area contributed by atoms with E-state index in [2.05, 4.69) is 18.7 Å². The van der Waals surface area contributed by atoms with Crippen molar-refractivity contribution in [2.75, 3.05) is 19.7 Å². The van der Waals surface area contributed by atoms with Crippen LogP contribution in [0.25, 0.3) is 0 Å². The van der Waals surface area contributed by atoms with Gasteiger partial charge in [-0.05, 0) is 58.4 Å². The third-order valence-electron chi connectivity index (χ3n) is 5.66. The molecule has 0 aromatic heterocycles. The molecule has 0 saturated carbocycles. The zero-order valence-corrected chi connectivity index (χ0v) is 21.5. The van der Waals surface area contributed by atoms with Crippen LogP contribution in [-0.4, -0.2) is 59.1 Å². The number of nitrogens with zero attached hydrogens (tertiary/aromatic N) is 2. The number of carbonyl (C=O) groups excluding carboxylic acids is 2. The molecular weight excluding hydrogens is 452 g/mol. The van der Waals surface area contributed by atoms with Crippen molar-refractivity contribution in [2.45, 2.75) is 65.3 Å². The molecule has 3 rings (SSSR count). The van der Waals surface area contributed by atoms with Crippen molar-refractivity contribution >= 4 is 23.5 Å². The van der Waals surface area contributed by atoms with E-state index < -0.39 is 11.6 Å². The summed E-state index contributed by atoms with van der Waals surface area (Å²) < 4.78 is 11.1. The monoisotopic (exact) mass is 486 g/mol. The molecule has 0 spiro atoms. The van der Waals surface area contributed by atoms with Crippen molar-refractivity contribution in [1.82, 2.24) is 9.80 Å². The number of hydrogen-bond acceptors (Lipinski definition) is 5. The highest BCUT2D eigenvalue weighted by molar-refractivity contribution is 6.30. The van der Waals surface area contributed by atoms with E-state index in [-0.39, 0.29) is 24.6 Å². The van der Waals surface area contributed by atoms with E-state index in [4.69, 9.17) is 21.1 Å². The number of amides is 1. The number of halogens is 1. The smallest absolute Gasteiger partial charge is 0.344 e. The fourth-order valence-corrected chi connectivity index (χ4v) is 4.67. The van der Waals surface area contributed by atoms with Crippen LogP contribution in [0.1, 0.15) is 45.7 Å². The highest BCUT2D eigenvalue weighted by atomic mass is 35.5. The molecule has 7 heteroatoms. The van der Waals surface area contributed by atoms with Crippen LogP contribution in [0.15, 0.2) is 48.5 Å². The van der Waals surface area contributed by atoms with Crippen molar-refractivity contribution < 1.29 is 19.1 Å². The summed E-state index contributed by atoms with van der Waals surface area (Å²) in [5.41, 5.74) is 1.37. The molecule has 1 saturated heterocycles. The maximum absolute atomic E-state index is 13.0. The lowest BCUT2D eigenvalue weighted by Gasteiger charge is -2.44. The minimum atomic E-state index is -0.562. The predicted molar refractivity (Wildman–Crippen MR) is 134 cm³/mol.